The molecule has 1 radical (unpaired) electrons. The molecule has 1 N–H and O–H groups in total. The molecule has 0 saturated heterocycles. The zero-order chi connectivity index (χ0) is 11.4. The number of aromatic nitrogens is 1. The van der Waals surface area contributed by atoms with E-state index in [-0.39, 0.29) is 11.7 Å². The lowest BCUT2D eigenvalue weighted by atomic mass is 10.2. The SMILES string of the molecule is O=C(Nc1ccc(F)cc1)c1cc[c]nc1. The Morgan fingerprint density at radius 3 is 2.62 bits per heavy atom. The van der Waals surface area contributed by atoms with E-state index in [1.54, 1.807) is 12.1 Å². The highest BCUT2D eigenvalue weighted by Gasteiger charge is 2.05. The normalized spacial score (nSPS) is 9.81. The molecule has 3 nitrogen and oxygen atoms in total. The van der Waals surface area contributed by atoms with E-state index in [2.05, 4.69) is 16.5 Å². The van der Waals surface area contributed by atoms with Gasteiger partial charge in [-0.3, -0.25) is 9.78 Å². The van der Waals surface area contributed by atoms with Crippen LogP contribution >= 0.6 is 0 Å². The van der Waals surface area contributed by atoms with E-state index >= 15 is 0 Å². The van der Waals surface area contributed by atoms with Crippen LogP contribution in [-0.2, 0) is 0 Å². The first-order valence-electron chi connectivity index (χ1n) is 4.65. The van der Waals surface area contributed by atoms with Gasteiger partial charge in [0.05, 0.1) is 11.8 Å². The lowest BCUT2D eigenvalue weighted by molar-refractivity contribution is 0.102. The van der Waals surface area contributed by atoms with Crippen molar-refractivity contribution in [1.82, 2.24) is 4.98 Å². The predicted octanol–water partition coefficient (Wildman–Crippen LogP) is 2.27. The zero-order valence-corrected chi connectivity index (χ0v) is 8.27. The molecular weight excluding hydrogens is 207 g/mol. The van der Waals surface area contributed by atoms with Crippen LogP contribution in [0.25, 0.3) is 0 Å². The molecule has 2 rings (SSSR count). The van der Waals surface area contributed by atoms with Crippen molar-refractivity contribution in [3.8, 4) is 0 Å². The van der Waals surface area contributed by atoms with Crippen LogP contribution in [0.3, 0.4) is 0 Å². The average molecular weight is 215 g/mol. The van der Waals surface area contributed by atoms with Gasteiger partial charge in [0.15, 0.2) is 0 Å². The van der Waals surface area contributed by atoms with Crippen molar-refractivity contribution in [1.29, 1.82) is 0 Å². The third-order valence-corrected chi connectivity index (χ3v) is 1.98. The topological polar surface area (TPSA) is 42.0 Å². The van der Waals surface area contributed by atoms with Gasteiger partial charge in [0.2, 0.25) is 0 Å². The van der Waals surface area contributed by atoms with Crippen LogP contribution in [0, 0.1) is 12.0 Å². The lowest BCUT2D eigenvalue weighted by Gasteiger charge is -2.04. The van der Waals surface area contributed by atoms with Gasteiger partial charge in [-0.1, -0.05) is 0 Å². The number of nitrogens with zero attached hydrogens (tertiary/aromatic N) is 1. The van der Waals surface area contributed by atoms with Crippen molar-refractivity contribution in [3.63, 3.8) is 0 Å². The second-order valence-corrected chi connectivity index (χ2v) is 3.14. The molecule has 0 fully saturated rings. The summed E-state index contributed by atoms with van der Waals surface area (Å²) >= 11 is 0. The standard InChI is InChI=1S/C12H8FN2O/c13-10-3-5-11(6-4-10)15-12(16)9-2-1-7-14-8-9/h1-6,8H,(H,15,16). The Morgan fingerprint density at radius 2 is 2.00 bits per heavy atom. The molecule has 1 aromatic carbocycles. The highest BCUT2D eigenvalue weighted by Crippen LogP contribution is 2.09. The van der Waals surface area contributed by atoms with Crippen LogP contribution in [0.2, 0.25) is 0 Å². The maximum absolute atomic E-state index is 12.6. The summed E-state index contributed by atoms with van der Waals surface area (Å²) in [5.74, 6) is -0.623. The van der Waals surface area contributed by atoms with Crippen molar-refractivity contribution in [3.05, 3.63) is 60.2 Å². The summed E-state index contributed by atoms with van der Waals surface area (Å²) in [7, 11) is 0. The zero-order valence-electron chi connectivity index (χ0n) is 8.27. The van der Waals surface area contributed by atoms with Crippen LogP contribution in [0.1, 0.15) is 10.4 Å². The van der Waals surface area contributed by atoms with Crippen LogP contribution in [0.15, 0.2) is 42.6 Å². The van der Waals surface area contributed by atoms with E-state index in [1.165, 1.54) is 30.5 Å². The number of rotatable bonds is 2. The smallest absolute Gasteiger partial charge is 0.257 e. The second-order valence-electron chi connectivity index (χ2n) is 3.14. The number of nitrogens with one attached hydrogen (secondary N) is 1. The molecular formula is C12H8FN2O. The number of halogens is 1. The molecule has 0 bridgehead atoms. The molecule has 0 aliphatic carbocycles. The number of anilines is 1. The van der Waals surface area contributed by atoms with Crippen LogP contribution < -0.4 is 5.32 Å². The Balaban J connectivity index is 2.11. The van der Waals surface area contributed by atoms with E-state index in [0.717, 1.165) is 0 Å². The predicted molar refractivity (Wildman–Crippen MR) is 57.4 cm³/mol. The van der Waals surface area contributed by atoms with Gasteiger partial charge in [-0.15, -0.1) is 0 Å². The fraction of sp³-hybridized carbons (Fsp3) is 0. The maximum atomic E-state index is 12.6. The van der Waals surface area contributed by atoms with Gasteiger partial charge in [0, 0.05) is 11.9 Å². The summed E-state index contributed by atoms with van der Waals surface area (Å²) in [4.78, 5) is 15.4. The minimum Gasteiger partial charge on any atom is -0.322 e. The molecule has 2 aromatic rings. The van der Waals surface area contributed by atoms with Crippen LogP contribution in [0.4, 0.5) is 10.1 Å². The molecule has 1 amide bonds. The number of hydrogen-bond acceptors (Lipinski definition) is 2. The van der Waals surface area contributed by atoms with Crippen molar-refractivity contribution < 1.29 is 9.18 Å². The van der Waals surface area contributed by atoms with Gasteiger partial charge in [0.25, 0.3) is 5.91 Å². The number of carbonyl (C=O) groups excluding carboxylic acids is 1. The molecule has 16 heavy (non-hydrogen) atoms. The van der Waals surface area contributed by atoms with Gasteiger partial charge >= 0.3 is 0 Å². The lowest BCUT2D eigenvalue weighted by Crippen LogP contribution is -2.11. The highest BCUT2D eigenvalue weighted by atomic mass is 19.1. The summed E-state index contributed by atoms with van der Waals surface area (Å²) in [6, 6.07) is 8.72. The van der Waals surface area contributed by atoms with Gasteiger partial charge < -0.3 is 5.32 Å². The molecule has 0 spiro atoms. The molecule has 0 unspecified atom stereocenters. The first kappa shape index (κ1) is 10.3. The molecule has 79 valence electrons. The van der Waals surface area contributed by atoms with Crippen molar-refractivity contribution in [2.24, 2.45) is 0 Å². The number of carbonyl (C=O) groups is 1. The third kappa shape index (κ3) is 2.42. The first-order chi connectivity index (χ1) is 7.75. The van der Waals surface area contributed by atoms with E-state index in [0.29, 0.717) is 11.3 Å². The summed E-state index contributed by atoms with van der Waals surface area (Å²) in [5.41, 5.74) is 0.974. The Bertz CT molecular complexity index is 482. The fourth-order valence-corrected chi connectivity index (χ4v) is 1.19. The number of benzene rings is 1. The van der Waals surface area contributed by atoms with E-state index in [9.17, 15) is 9.18 Å². The van der Waals surface area contributed by atoms with Gasteiger partial charge in [-0.25, -0.2) is 4.39 Å². The number of amides is 1. The third-order valence-electron chi connectivity index (χ3n) is 1.98. The number of pyridine rings is 1. The average Bonchev–Trinajstić information content (AvgIpc) is 2.33. The minimum absolute atomic E-state index is 0.284. The fourth-order valence-electron chi connectivity index (χ4n) is 1.19. The minimum atomic E-state index is -0.339. The van der Waals surface area contributed by atoms with Crippen LogP contribution in [-0.4, -0.2) is 10.9 Å². The van der Waals surface area contributed by atoms with Crippen molar-refractivity contribution in [2.45, 2.75) is 0 Å². The molecule has 0 aliphatic heterocycles. The summed E-state index contributed by atoms with van der Waals surface area (Å²) in [6.45, 7) is 0. The van der Waals surface area contributed by atoms with Gasteiger partial charge in [0.1, 0.15) is 5.82 Å². The number of hydrogen-bond donors (Lipinski definition) is 1. The Hall–Kier alpha value is -2.23. The Morgan fingerprint density at radius 1 is 1.25 bits per heavy atom. The van der Waals surface area contributed by atoms with Crippen LogP contribution in [0.5, 0.6) is 0 Å². The molecule has 1 heterocycles. The first-order valence-corrected chi connectivity index (χ1v) is 4.65. The van der Waals surface area contributed by atoms with Gasteiger partial charge in [-0.05, 0) is 36.4 Å². The van der Waals surface area contributed by atoms with Crippen molar-refractivity contribution in [2.75, 3.05) is 5.32 Å². The maximum Gasteiger partial charge on any atom is 0.257 e. The van der Waals surface area contributed by atoms with Crippen molar-refractivity contribution >= 4 is 11.6 Å². The van der Waals surface area contributed by atoms with Gasteiger partial charge in [-0.2, -0.15) is 0 Å². The second kappa shape index (κ2) is 4.53. The summed E-state index contributed by atoms with van der Waals surface area (Å²) in [5, 5.41) is 2.63. The molecule has 1 aromatic heterocycles. The summed E-state index contributed by atoms with van der Waals surface area (Å²) < 4.78 is 12.6. The quantitative estimate of drug-likeness (QED) is 0.834. The highest BCUT2D eigenvalue weighted by molar-refractivity contribution is 6.03. The molecule has 0 atom stereocenters. The Kier molecular flexibility index (Phi) is 2.91. The molecule has 0 aliphatic rings. The van der Waals surface area contributed by atoms with E-state index < -0.39 is 0 Å². The Labute approximate surface area is 92.0 Å². The van der Waals surface area contributed by atoms with E-state index in [1.807, 2.05) is 0 Å². The largest absolute Gasteiger partial charge is 0.322 e. The molecule has 0 saturated carbocycles. The monoisotopic (exact) mass is 215 g/mol. The van der Waals surface area contributed by atoms with E-state index in [4.69, 9.17) is 0 Å². The summed E-state index contributed by atoms with van der Waals surface area (Å²) in [6.07, 6.45) is 3.99. The molecule has 4 heteroatoms.